The number of hydrogen-bond acceptors (Lipinski definition) is 3. The van der Waals surface area contributed by atoms with Crippen LogP contribution in [0.3, 0.4) is 0 Å². The van der Waals surface area contributed by atoms with Crippen molar-refractivity contribution >= 4 is 16.7 Å². The fraction of sp³-hybridized carbons (Fsp3) is 0.238. The van der Waals surface area contributed by atoms with Crippen LogP contribution < -0.4 is 0 Å². The van der Waals surface area contributed by atoms with Crippen molar-refractivity contribution in [1.82, 2.24) is 9.88 Å². The average molecular weight is 350 g/mol. The second-order valence-electron chi connectivity index (χ2n) is 6.70. The van der Waals surface area contributed by atoms with Gasteiger partial charge in [0.1, 0.15) is 5.82 Å². The second kappa shape index (κ2) is 6.50. The van der Waals surface area contributed by atoms with Crippen molar-refractivity contribution < 1.29 is 13.9 Å². The normalized spacial score (nSPS) is 20.3. The lowest BCUT2D eigenvalue weighted by molar-refractivity contribution is -0.0480. The molecule has 4 nitrogen and oxygen atoms in total. The maximum atomic E-state index is 13.8. The Bertz CT molecular complexity index is 961. The molecule has 1 aromatic heterocycles. The summed E-state index contributed by atoms with van der Waals surface area (Å²) in [5.41, 5.74) is 0.824. The highest BCUT2D eigenvalue weighted by atomic mass is 19.1. The lowest BCUT2D eigenvalue weighted by atomic mass is 9.89. The molecule has 3 aromatic rings. The summed E-state index contributed by atoms with van der Waals surface area (Å²) in [6.07, 6.45) is 3.16. The van der Waals surface area contributed by atoms with Crippen molar-refractivity contribution in [2.45, 2.75) is 12.5 Å². The minimum absolute atomic E-state index is 0.164. The zero-order valence-electron chi connectivity index (χ0n) is 14.5. The number of ether oxygens (including phenoxy) is 1. The van der Waals surface area contributed by atoms with Crippen molar-refractivity contribution in [1.29, 1.82) is 0 Å². The molecule has 26 heavy (non-hydrogen) atoms. The maximum Gasteiger partial charge on any atom is 0.256 e. The molecular weight excluding hydrogens is 331 g/mol. The molecule has 0 bridgehead atoms. The summed E-state index contributed by atoms with van der Waals surface area (Å²) in [5.74, 6) is -0.533. The molecule has 1 aliphatic heterocycles. The molecule has 1 saturated heterocycles. The third kappa shape index (κ3) is 2.74. The molecule has 0 aliphatic carbocycles. The van der Waals surface area contributed by atoms with E-state index >= 15 is 0 Å². The molecule has 0 radical (unpaired) electrons. The summed E-state index contributed by atoms with van der Waals surface area (Å²) in [6, 6.07) is 14.3. The topological polar surface area (TPSA) is 42.4 Å². The quantitative estimate of drug-likeness (QED) is 0.707. The van der Waals surface area contributed by atoms with Gasteiger partial charge in [-0.2, -0.15) is 0 Å². The van der Waals surface area contributed by atoms with Crippen LogP contribution in [0.5, 0.6) is 0 Å². The van der Waals surface area contributed by atoms with Gasteiger partial charge < -0.3 is 9.64 Å². The minimum atomic E-state index is -0.591. The molecule has 0 saturated carbocycles. The molecule has 2 aromatic carbocycles. The number of rotatable bonds is 2. The highest BCUT2D eigenvalue weighted by Crippen LogP contribution is 2.33. The predicted octanol–water partition coefficient (Wildman–Crippen LogP) is 3.76. The number of halogens is 1. The van der Waals surface area contributed by atoms with Crippen molar-refractivity contribution in [3.8, 4) is 0 Å². The van der Waals surface area contributed by atoms with E-state index < -0.39 is 5.54 Å². The number of pyridine rings is 1. The van der Waals surface area contributed by atoms with E-state index in [1.165, 1.54) is 18.3 Å². The van der Waals surface area contributed by atoms with Crippen LogP contribution in [0, 0.1) is 5.82 Å². The van der Waals surface area contributed by atoms with Gasteiger partial charge in [-0.15, -0.1) is 0 Å². The largest absolute Gasteiger partial charge is 0.377 e. The Hall–Kier alpha value is -2.79. The third-order valence-corrected chi connectivity index (χ3v) is 5.03. The van der Waals surface area contributed by atoms with E-state index in [-0.39, 0.29) is 11.7 Å². The predicted molar refractivity (Wildman–Crippen MR) is 97.4 cm³/mol. The molecule has 0 spiro atoms. The number of hydrogen-bond donors (Lipinski definition) is 0. The number of morpholine rings is 1. The van der Waals surface area contributed by atoms with Gasteiger partial charge in [0.15, 0.2) is 0 Å². The second-order valence-corrected chi connectivity index (χ2v) is 6.70. The van der Waals surface area contributed by atoms with Gasteiger partial charge in [-0.25, -0.2) is 4.39 Å². The summed E-state index contributed by atoms with van der Waals surface area (Å²) < 4.78 is 19.5. The molecule has 2 heterocycles. The summed E-state index contributed by atoms with van der Waals surface area (Å²) in [6.45, 7) is 3.35. The molecule has 1 unspecified atom stereocenters. The van der Waals surface area contributed by atoms with E-state index in [1.54, 1.807) is 12.3 Å². The van der Waals surface area contributed by atoms with Gasteiger partial charge in [0.25, 0.3) is 5.91 Å². The lowest BCUT2D eigenvalue weighted by Gasteiger charge is -2.45. The van der Waals surface area contributed by atoms with Crippen molar-refractivity contribution in [2.24, 2.45) is 0 Å². The lowest BCUT2D eigenvalue weighted by Crippen LogP contribution is -2.55. The van der Waals surface area contributed by atoms with Gasteiger partial charge in [0.05, 0.1) is 24.3 Å². The molecule has 1 fully saturated rings. The molecule has 1 amide bonds. The standard InChI is InChI=1S/C21H19FN2O2/c1-21(16-5-3-2-4-6-16)14-26-10-9-24(21)20(25)19-13-23-12-15-7-8-17(22)11-18(15)19/h2-8,11-13H,9-10,14H2,1H3. The van der Waals surface area contributed by atoms with Crippen molar-refractivity contribution in [3.63, 3.8) is 0 Å². The van der Waals surface area contributed by atoms with Crippen LogP contribution in [0.4, 0.5) is 4.39 Å². The van der Waals surface area contributed by atoms with Crippen LogP contribution in [-0.4, -0.2) is 35.5 Å². The Balaban J connectivity index is 1.81. The molecule has 132 valence electrons. The Morgan fingerprint density at radius 2 is 2.00 bits per heavy atom. The molecular formula is C21H19FN2O2. The van der Waals surface area contributed by atoms with Crippen LogP contribution in [0.2, 0.25) is 0 Å². The highest BCUT2D eigenvalue weighted by Gasteiger charge is 2.40. The fourth-order valence-electron chi connectivity index (χ4n) is 3.57. The number of amides is 1. The van der Waals surface area contributed by atoms with Crippen LogP contribution >= 0.6 is 0 Å². The number of nitrogens with zero attached hydrogens (tertiary/aromatic N) is 2. The van der Waals surface area contributed by atoms with Gasteiger partial charge in [0.2, 0.25) is 0 Å². The van der Waals surface area contributed by atoms with Crippen LogP contribution in [0.25, 0.3) is 10.8 Å². The fourth-order valence-corrected chi connectivity index (χ4v) is 3.57. The molecule has 5 heteroatoms. The number of benzene rings is 2. The van der Waals surface area contributed by atoms with Crippen LogP contribution in [0.1, 0.15) is 22.8 Å². The first-order chi connectivity index (χ1) is 12.6. The highest BCUT2D eigenvalue weighted by molar-refractivity contribution is 6.06. The Kier molecular flexibility index (Phi) is 4.17. The van der Waals surface area contributed by atoms with E-state index in [1.807, 2.05) is 42.2 Å². The average Bonchev–Trinajstić information content (AvgIpc) is 2.68. The van der Waals surface area contributed by atoms with Gasteiger partial charge in [-0.3, -0.25) is 9.78 Å². The Morgan fingerprint density at radius 3 is 2.81 bits per heavy atom. The summed E-state index contributed by atoms with van der Waals surface area (Å²) in [4.78, 5) is 19.4. The van der Waals surface area contributed by atoms with E-state index in [9.17, 15) is 9.18 Å². The summed E-state index contributed by atoms with van der Waals surface area (Å²) >= 11 is 0. The summed E-state index contributed by atoms with van der Waals surface area (Å²) in [7, 11) is 0. The molecule has 1 aliphatic rings. The maximum absolute atomic E-state index is 13.8. The van der Waals surface area contributed by atoms with Gasteiger partial charge in [-0.1, -0.05) is 30.3 Å². The minimum Gasteiger partial charge on any atom is -0.377 e. The first-order valence-corrected chi connectivity index (χ1v) is 8.58. The number of aromatic nitrogens is 1. The van der Waals surface area contributed by atoms with E-state index in [2.05, 4.69) is 4.98 Å². The molecule has 4 rings (SSSR count). The van der Waals surface area contributed by atoms with Gasteiger partial charge in [0, 0.05) is 29.7 Å². The first-order valence-electron chi connectivity index (χ1n) is 8.58. The molecule has 1 atom stereocenters. The van der Waals surface area contributed by atoms with Gasteiger partial charge in [-0.05, 0) is 30.7 Å². The monoisotopic (exact) mass is 350 g/mol. The number of carbonyl (C=O) groups excluding carboxylic acids is 1. The first kappa shape index (κ1) is 16.7. The van der Waals surface area contributed by atoms with Gasteiger partial charge >= 0.3 is 0 Å². The zero-order valence-corrected chi connectivity index (χ0v) is 14.5. The SMILES string of the molecule is CC1(c2ccccc2)COCCN1C(=O)c1cncc2ccc(F)cc12. The van der Waals surface area contributed by atoms with E-state index in [0.717, 1.165) is 10.9 Å². The van der Waals surface area contributed by atoms with Crippen molar-refractivity contribution in [2.75, 3.05) is 19.8 Å². The van der Waals surface area contributed by atoms with Crippen LogP contribution in [0.15, 0.2) is 60.9 Å². The third-order valence-electron chi connectivity index (χ3n) is 5.03. The van der Waals surface area contributed by atoms with E-state index in [4.69, 9.17) is 4.74 Å². The van der Waals surface area contributed by atoms with Crippen molar-refractivity contribution in [3.05, 3.63) is 77.9 Å². The van der Waals surface area contributed by atoms with E-state index in [0.29, 0.717) is 30.7 Å². The molecule has 0 N–H and O–H groups in total. The zero-order chi connectivity index (χ0) is 18.1. The Labute approximate surface area is 151 Å². The Morgan fingerprint density at radius 1 is 1.19 bits per heavy atom. The number of carbonyl (C=O) groups is 1. The number of fused-ring (bicyclic) bond motifs is 1. The smallest absolute Gasteiger partial charge is 0.256 e. The van der Waals surface area contributed by atoms with Crippen LogP contribution in [-0.2, 0) is 10.3 Å². The summed E-state index contributed by atoms with van der Waals surface area (Å²) in [5, 5.41) is 1.32.